The summed E-state index contributed by atoms with van der Waals surface area (Å²) in [4.78, 5) is 25.7. The first-order chi connectivity index (χ1) is 9.81. The van der Waals surface area contributed by atoms with Crippen molar-refractivity contribution in [2.75, 3.05) is 11.9 Å². The van der Waals surface area contributed by atoms with Crippen molar-refractivity contribution in [3.63, 3.8) is 0 Å². The van der Waals surface area contributed by atoms with E-state index in [1.165, 1.54) is 0 Å². The van der Waals surface area contributed by atoms with Gasteiger partial charge < -0.3 is 10.0 Å². The number of benzene rings is 1. The van der Waals surface area contributed by atoms with Crippen molar-refractivity contribution >= 4 is 17.6 Å². The molecule has 1 saturated carbocycles. The van der Waals surface area contributed by atoms with E-state index in [0.29, 0.717) is 12.8 Å². The highest BCUT2D eigenvalue weighted by Crippen LogP contribution is 2.38. The normalized spacial score (nSPS) is 24.9. The maximum Gasteiger partial charge on any atom is 0.307 e. The van der Waals surface area contributed by atoms with Crippen LogP contribution < -0.4 is 4.90 Å². The van der Waals surface area contributed by atoms with Gasteiger partial charge in [0.05, 0.1) is 11.8 Å². The average Bonchev–Trinajstić information content (AvgIpc) is 2.79. The number of carboxylic acid groups (broad SMARTS) is 1. The van der Waals surface area contributed by atoms with Crippen molar-refractivity contribution in [1.29, 1.82) is 0 Å². The monoisotopic (exact) mass is 289 g/mol. The SMILES string of the molecule is Cc1ccc(N(C)C(=O)[C@H]2CC(C)C[C@H]2C(=O)O)c(C)c1. The predicted molar refractivity (Wildman–Crippen MR) is 82.3 cm³/mol. The van der Waals surface area contributed by atoms with Crippen LogP contribution in [-0.2, 0) is 9.59 Å². The molecule has 0 saturated heterocycles. The lowest BCUT2D eigenvalue weighted by molar-refractivity contribution is -0.145. The van der Waals surface area contributed by atoms with Crippen molar-refractivity contribution in [3.8, 4) is 0 Å². The number of carbonyl (C=O) groups excluding carboxylic acids is 1. The minimum atomic E-state index is -0.855. The highest BCUT2D eigenvalue weighted by Gasteiger charge is 2.42. The van der Waals surface area contributed by atoms with Crippen molar-refractivity contribution in [2.45, 2.75) is 33.6 Å². The highest BCUT2D eigenvalue weighted by atomic mass is 16.4. The largest absolute Gasteiger partial charge is 0.481 e. The summed E-state index contributed by atoms with van der Waals surface area (Å²) in [6.45, 7) is 6.00. The third-order valence-electron chi connectivity index (χ3n) is 4.48. The van der Waals surface area contributed by atoms with Gasteiger partial charge in [0.1, 0.15) is 0 Å². The molecule has 0 bridgehead atoms. The number of aryl methyl sites for hydroxylation is 2. The van der Waals surface area contributed by atoms with Crippen LogP contribution in [0.4, 0.5) is 5.69 Å². The molecule has 3 atom stereocenters. The lowest BCUT2D eigenvalue weighted by Gasteiger charge is -2.25. The van der Waals surface area contributed by atoms with Crippen LogP contribution in [-0.4, -0.2) is 24.0 Å². The molecule has 1 amide bonds. The second-order valence-electron chi connectivity index (χ2n) is 6.31. The van der Waals surface area contributed by atoms with Gasteiger partial charge in [0.25, 0.3) is 0 Å². The Morgan fingerprint density at radius 3 is 2.38 bits per heavy atom. The lowest BCUT2D eigenvalue weighted by Crippen LogP contribution is -2.37. The molecular formula is C17H23NO3. The van der Waals surface area contributed by atoms with Crippen LogP contribution >= 0.6 is 0 Å². The second kappa shape index (κ2) is 5.88. The van der Waals surface area contributed by atoms with Crippen molar-refractivity contribution in [1.82, 2.24) is 0 Å². The Bertz CT molecular complexity index is 567. The van der Waals surface area contributed by atoms with Gasteiger partial charge in [0, 0.05) is 12.7 Å². The van der Waals surface area contributed by atoms with Gasteiger partial charge in [-0.25, -0.2) is 0 Å². The molecule has 4 nitrogen and oxygen atoms in total. The zero-order valence-electron chi connectivity index (χ0n) is 13.1. The van der Waals surface area contributed by atoms with Crippen LogP contribution in [0.1, 0.15) is 30.9 Å². The summed E-state index contributed by atoms with van der Waals surface area (Å²) in [5.41, 5.74) is 3.04. The Kier molecular flexibility index (Phi) is 4.35. The second-order valence-corrected chi connectivity index (χ2v) is 6.31. The van der Waals surface area contributed by atoms with Crippen LogP contribution in [0.5, 0.6) is 0 Å². The predicted octanol–water partition coefficient (Wildman–Crippen LogP) is 3.01. The molecule has 1 aromatic carbocycles. The molecule has 0 aliphatic heterocycles. The summed E-state index contributed by atoms with van der Waals surface area (Å²) in [6, 6.07) is 5.93. The van der Waals surface area contributed by atoms with Gasteiger partial charge in [-0.1, -0.05) is 24.6 Å². The first kappa shape index (κ1) is 15.5. The van der Waals surface area contributed by atoms with Crippen LogP contribution in [0.15, 0.2) is 18.2 Å². The topological polar surface area (TPSA) is 57.6 Å². The molecule has 114 valence electrons. The minimum absolute atomic E-state index is 0.0845. The average molecular weight is 289 g/mol. The molecular weight excluding hydrogens is 266 g/mol. The number of rotatable bonds is 3. The Hall–Kier alpha value is -1.84. The maximum absolute atomic E-state index is 12.7. The van der Waals surface area contributed by atoms with Crippen LogP contribution in [0, 0.1) is 31.6 Å². The third-order valence-corrected chi connectivity index (χ3v) is 4.48. The van der Waals surface area contributed by atoms with E-state index in [2.05, 4.69) is 0 Å². The van der Waals surface area contributed by atoms with E-state index in [0.717, 1.165) is 16.8 Å². The third kappa shape index (κ3) is 3.09. The standard InChI is InChI=1S/C17H23NO3/c1-10-5-6-15(12(3)7-10)18(4)16(19)13-8-11(2)9-14(13)17(20)21/h5-7,11,13-14H,8-9H2,1-4H3,(H,20,21)/t11?,13-,14+/m0/s1. The maximum atomic E-state index is 12.7. The summed E-state index contributed by atoms with van der Waals surface area (Å²) in [5.74, 6) is -1.62. The fourth-order valence-corrected chi connectivity index (χ4v) is 3.39. The molecule has 1 aliphatic carbocycles. The van der Waals surface area contributed by atoms with E-state index >= 15 is 0 Å². The van der Waals surface area contributed by atoms with Gasteiger partial charge in [-0.15, -0.1) is 0 Å². The number of nitrogens with zero attached hydrogens (tertiary/aromatic N) is 1. The first-order valence-corrected chi connectivity index (χ1v) is 7.39. The van der Waals surface area contributed by atoms with Gasteiger partial charge in [-0.3, -0.25) is 9.59 Å². The molecule has 0 spiro atoms. The van der Waals surface area contributed by atoms with Gasteiger partial charge in [0.2, 0.25) is 5.91 Å². The van der Waals surface area contributed by atoms with Crippen LogP contribution in [0.25, 0.3) is 0 Å². The molecule has 0 radical (unpaired) electrons. The molecule has 0 aromatic heterocycles. The fraction of sp³-hybridized carbons (Fsp3) is 0.529. The zero-order chi connectivity index (χ0) is 15.7. The number of hydrogen-bond acceptors (Lipinski definition) is 2. The zero-order valence-corrected chi connectivity index (χ0v) is 13.1. The molecule has 0 heterocycles. The van der Waals surface area contributed by atoms with E-state index in [1.54, 1.807) is 11.9 Å². The van der Waals surface area contributed by atoms with E-state index in [9.17, 15) is 14.7 Å². The minimum Gasteiger partial charge on any atom is -0.481 e. The number of carbonyl (C=O) groups is 2. The molecule has 21 heavy (non-hydrogen) atoms. The fourth-order valence-electron chi connectivity index (χ4n) is 3.39. The Balaban J connectivity index is 2.24. The first-order valence-electron chi connectivity index (χ1n) is 7.39. The Morgan fingerprint density at radius 2 is 1.81 bits per heavy atom. The van der Waals surface area contributed by atoms with Crippen molar-refractivity contribution in [3.05, 3.63) is 29.3 Å². The molecule has 1 unspecified atom stereocenters. The van der Waals surface area contributed by atoms with Crippen LogP contribution in [0.2, 0.25) is 0 Å². The van der Waals surface area contributed by atoms with Crippen molar-refractivity contribution in [2.24, 2.45) is 17.8 Å². The van der Waals surface area contributed by atoms with Gasteiger partial charge in [-0.05, 0) is 44.2 Å². The van der Waals surface area contributed by atoms with Crippen molar-refractivity contribution < 1.29 is 14.7 Å². The quantitative estimate of drug-likeness (QED) is 0.930. The molecule has 1 N–H and O–H groups in total. The summed E-state index contributed by atoms with van der Waals surface area (Å²) >= 11 is 0. The Morgan fingerprint density at radius 1 is 1.19 bits per heavy atom. The molecule has 1 fully saturated rings. The Labute approximate surface area is 125 Å². The van der Waals surface area contributed by atoms with E-state index in [4.69, 9.17) is 0 Å². The summed E-state index contributed by atoms with van der Waals surface area (Å²) in [6.07, 6.45) is 1.25. The number of amides is 1. The van der Waals surface area contributed by atoms with E-state index < -0.39 is 17.8 Å². The highest BCUT2D eigenvalue weighted by molar-refractivity contribution is 5.97. The van der Waals surface area contributed by atoms with E-state index in [-0.39, 0.29) is 11.8 Å². The summed E-state index contributed by atoms with van der Waals surface area (Å²) in [5, 5.41) is 9.32. The summed E-state index contributed by atoms with van der Waals surface area (Å²) < 4.78 is 0. The van der Waals surface area contributed by atoms with Gasteiger partial charge >= 0.3 is 5.97 Å². The summed E-state index contributed by atoms with van der Waals surface area (Å²) in [7, 11) is 1.74. The molecule has 1 aliphatic rings. The number of anilines is 1. The number of carboxylic acids is 1. The van der Waals surface area contributed by atoms with Crippen LogP contribution in [0.3, 0.4) is 0 Å². The number of hydrogen-bond donors (Lipinski definition) is 1. The van der Waals surface area contributed by atoms with Gasteiger partial charge in [0.15, 0.2) is 0 Å². The van der Waals surface area contributed by atoms with Gasteiger partial charge in [-0.2, -0.15) is 0 Å². The lowest BCUT2D eigenvalue weighted by atomic mass is 9.94. The molecule has 1 aromatic rings. The molecule has 4 heteroatoms. The van der Waals surface area contributed by atoms with E-state index in [1.807, 2.05) is 39.0 Å². The smallest absolute Gasteiger partial charge is 0.307 e. The number of aliphatic carboxylic acids is 1. The molecule has 2 rings (SSSR count).